The van der Waals surface area contributed by atoms with Crippen molar-refractivity contribution in [3.63, 3.8) is 0 Å². The molecule has 3 heteroatoms. The minimum atomic E-state index is 0.569. The maximum atomic E-state index is 8.76. The number of benzene rings is 1. The lowest BCUT2D eigenvalue weighted by Gasteiger charge is -2.04. The van der Waals surface area contributed by atoms with Crippen molar-refractivity contribution in [2.45, 2.75) is 13.8 Å². The zero-order valence-corrected chi connectivity index (χ0v) is 9.24. The number of hydrogen-bond acceptors (Lipinski definition) is 3. The Bertz CT molecular complexity index is 576. The van der Waals surface area contributed by atoms with Gasteiger partial charge in [-0.2, -0.15) is 5.26 Å². The second-order valence-electron chi connectivity index (χ2n) is 3.74. The number of nitrogens with two attached hydrogens (primary N) is 1. The summed E-state index contributed by atoms with van der Waals surface area (Å²) < 4.78 is 5.46. The molecule has 1 aromatic carbocycles. The molecule has 0 fully saturated rings. The summed E-state index contributed by atoms with van der Waals surface area (Å²) in [5, 5.41) is 8.76. The predicted molar refractivity (Wildman–Crippen MR) is 62.7 cm³/mol. The monoisotopic (exact) mass is 212 g/mol. The number of nitriles is 1. The van der Waals surface area contributed by atoms with Crippen molar-refractivity contribution in [3.05, 3.63) is 41.3 Å². The molecule has 2 N–H and O–H groups in total. The lowest BCUT2D eigenvalue weighted by molar-refractivity contribution is 0.505. The van der Waals surface area contributed by atoms with Crippen LogP contribution >= 0.6 is 0 Å². The molecule has 0 amide bonds. The van der Waals surface area contributed by atoms with E-state index in [4.69, 9.17) is 15.4 Å². The quantitative estimate of drug-likeness (QED) is 0.739. The molecule has 2 rings (SSSR count). The van der Waals surface area contributed by atoms with E-state index in [1.54, 1.807) is 12.1 Å². The first-order valence-electron chi connectivity index (χ1n) is 4.99. The van der Waals surface area contributed by atoms with Gasteiger partial charge in [0.05, 0.1) is 11.6 Å². The highest BCUT2D eigenvalue weighted by Gasteiger charge is 2.10. The molecule has 0 saturated carbocycles. The van der Waals surface area contributed by atoms with E-state index in [9.17, 15) is 0 Å². The Labute approximate surface area is 94.1 Å². The van der Waals surface area contributed by atoms with Crippen LogP contribution in [0.1, 0.15) is 17.1 Å². The third-order valence-electron chi connectivity index (χ3n) is 2.51. The van der Waals surface area contributed by atoms with Crippen molar-refractivity contribution < 1.29 is 4.42 Å². The van der Waals surface area contributed by atoms with Crippen LogP contribution in [0.25, 0.3) is 11.1 Å². The van der Waals surface area contributed by atoms with Gasteiger partial charge in [-0.3, -0.25) is 0 Å². The summed E-state index contributed by atoms with van der Waals surface area (Å²) in [6.45, 7) is 3.80. The van der Waals surface area contributed by atoms with E-state index in [2.05, 4.69) is 6.07 Å². The van der Waals surface area contributed by atoms with Crippen LogP contribution in [-0.2, 0) is 0 Å². The highest BCUT2D eigenvalue weighted by Crippen LogP contribution is 2.31. The number of nitrogens with zero attached hydrogens (tertiary/aromatic N) is 1. The Kier molecular flexibility index (Phi) is 2.41. The van der Waals surface area contributed by atoms with Crippen molar-refractivity contribution in [1.82, 2.24) is 0 Å². The van der Waals surface area contributed by atoms with Crippen molar-refractivity contribution in [2.75, 3.05) is 5.73 Å². The number of hydrogen-bond donors (Lipinski definition) is 1. The molecule has 0 unspecified atom stereocenters. The van der Waals surface area contributed by atoms with Crippen molar-refractivity contribution in [1.29, 1.82) is 5.26 Å². The molecule has 1 heterocycles. The van der Waals surface area contributed by atoms with Gasteiger partial charge in [0, 0.05) is 16.8 Å². The van der Waals surface area contributed by atoms with Gasteiger partial charge in [0.1, 0.15) is 11.5 Å². The summed E-state index contributed by atoms with van der Waals surface area (Å²) in [6, 6.07) is 9.30. The average molecular weight is 212 g/mol. The average Bonchev–Trinajstić information content (AvgIpc) is 2.57. The van der Waals surface area contributed by atoms with Gasteiger partial charge in [-0.15, -0.1) is 0 Å². The van der Waals surface area contributed by atoms with Gasteiger partial charge < -0.3 is 10.2 Å². The smallest absolute Gasteiger partial charge is 0.108 e. The fraction of sp³-hybridized carbons (Fsp3) is 0.154. The minimum Gasteiger partial charge on any atom is -0.466 e. The van der Waals surface area contributed by atoms with Crippen LogP contribution in [0, 0.1) is 25.2 Å². The second-order valence-corrected chi connectivity index (χ2v) is 3.74. The molecule has 16 heavy (non-hydrogen) atoms. The van der Waals surface area contributed by atoms with Crippen LogP contribution in [0.5, 0.6) is 0 Å². The summed E-state index contributed by atoms with van der Waals surface area (Å²) >= 11 is 0. The van der Waals surface area contributed by atoms with Gasteiger partial charge >= 0.3 is 0 Å². The Morgan fingerprint density at radius 2 is 1.94 bits per heavy atom. The Morgan fingerprint density at radius 3 is 2.44 bits per heavy atom. The zero-order valence-electron chi connectivity index (χ0n) is 9.24. The fourth-order valence-corrected chi connectivity index (χ4v) is 1.78. The molecule has 0 saturated heterocycles. The third kappa shape index (κ3) is 1.66. The highest BCUT2D eigenvalue weighted by atomic mass is 16.3. The van der Waals surface area contributed by atoms with E-state index < -0.39 is 0 Å². The molecule has 0 aliphatic carbocycles. The highest BCUT2D eigenvalue weighted by molar-refractivity contribution is 5.78. The molecular formula is C13H12N2O. The number of furan rings is 1. The molecule has 0 spiro atoms. The summed E-state index contributed by atoms with van der Waals surface area (Å²) in [6.07, 6.45) is 0. The SMILES string of the molecule is Cc1cc(-c2ccc(C#N)cc2N)c(C)o1. The minimum absolute atomic E-state index is 0.569. The third-order valence-corrected chi connectivity index (χ3v) is 2.51. The summed E-state index contributed by atoms with van der Waals surface area (Å²) in [7, 11) is 0. The molecule has 0 aliphatic rings. The van der Waals surface area contributed by atoms with Gasteiger partial charge in [-0.25, -0.2) is 0 Å². The van der Waals surface area contributed by atoms with Gasteiger partial charge in [0.2, 0.25) is 0 Å². The van der Waals surface area contributed by atoms with Crippen LogP contribution in [0.2, 0.25) is 0 Å². The zero-order chi connectivity index (χ0) is 11.7. The Morgan fingerprint density at radius 1 is 1.19 bits per heavy atom. The number of anilines is 1. The van der Waals surface area contributed by atoms with Crippen LogP contribution in [0.4, 0.5) is 5.69 Å². The number of nitrogen functional groups attached to an aromatic ring is 1. The predicted octanol–water partition coefficient (Wildman–Crippen LogP) is 3.02. The van der Waals surface area contributed by atoms with Crippen molar-refractivity contribution in [2.24, 2.45) is 0 Å². The van der Waals surface area contributed by atoms with Crippen molar-refractivity contribution in [3.8, 4) is 17.2 Å². The maximum absolute atomic E-state index is 8.76. The molecule has 3 nitrogen and oxygen atoms in total. The first kappa shape index (κ1) is 10.3. The fourth-order valence-electron chi connectivity index (χ4n) is 1.78. The molecular weight excluding hydrogens is 200 g/mol. The maximum Gasteiger partial charge on any atom is 0.108 e. The van der Waals surface area contributed by atoms with E-state index in [0.717, 1.165) is 22.6 Å². The summed E-state index contributed by atoms with van der Waals surface area (Å²) in [4.78, 5) is 0. The first-order chi connectivity index (χ1) is 7.61. The normalized spacial score (nSPS) is 10.1. The number of aryl methyl sites for hydroxylation is 2. The molecule has 2 aromatic rings. The molecule has 1 aromatic heterocycles. The van der Waals surface area contributed by atoms with E-state index in [0.29, 0.717) is 11.3 Å². The van der Waals surface area contributed by atoms with Gasteiger partial charge in [-0.05, 0) is 32.0 Å². The Balaban J connectivity index is 2.57. The van der Waals surface area contributed by atoms with E-state index >= 15 is 0 Å². The first-order valence-corrected chi connectivity index (χ1v) is 4.99. The van der Waals surface area contributed by atoms with E-state index in [-0.39, 0.29) is 0 Å². The lowest BCUT2D eigenvalue weighted by atomic mass is 10.0. The molecule has 0 aliphatic heterocycles. The topological polar surface area (TPSA) is 63.0 Å². The molecule has 0 atom stereocenters. The van der Waals surface area contributed by atoms with Crippen LogP contribution in [-0.4, -0.2) is 0 Å². The van der Waals surface area contributed by atoms with Gasteiger partial charge in [0.15, 0.2) is 0 Å². The van der Waals surface area contributed by atoms with E-state index in [1.165, 1.54) is 0 Å². The van der Waals surface area contributed by atoms with Crippen LogP contribution < -0.4 is 5.73 Å². The number of rotatable bonds is 1. The molecule has 0 bridgehead atoms. The lowest BCUT2D eigenvalue weighted by Crippen LogP contribution is -1.91. The summed E-state index contributed by atoms with van der Waals surface area (Å²) in [5.74, 6) is 1.70. The molecule has 80 valence electrons. The molecule has 0 radical (unpaired) electrons. The van der Waals surface area contributed by atoms with Crippen molar-refractivity contribution >= 4 is 5.69 Å². The second kappa shape index (κ2) is 3.74. The van der Waals surface area contributed by atoms with Gasteiger partial charge in [-0.1, -0.05) is 6.07 Å². The van der Waals surface area contributed by atoms with Crippen LogP contribution in [0.3, 0.4) is 0 Å². The largest absolute Gasteiger partial charge is 0.466 e. The van der Waals surface area contributed by atoms with Gasteiger partial charge in [0.25, 0.3) is 0 Å². The standard InChI is InChI=1S/C13H12N2O/c1-8-5-12(9(2)16-8)11-4-3-10(7-14)6-13(11)15/h3-6H,15H2,1-2H3. The summed E-state index contributed by atoms with van der Waals surface area (Å²) in [5.41, 5.74) is 8.98. The van der Waals surface area contributed by atoms with E-state index in [1.807, 2.05) is 26.0 Å². The van der Waals surface area contributed by atoms with Crippen LogP contribution in [0.15, 0.2) is 28.7 Å². The Hall–Kier alpha value is -2.21.